The zero-order valence-corrected chi connectivity index (χ0v) is 22.4. The Hall–Kier alpha value is -4.05. The van der Waals surface area contributed by atoms with E-state index in [1.54, 1.807) is 47.2 Å². The van der Waals surface area contributed by atoms with Crippen molar-refractivity contribution >= 4 is 28.9 Å². The van der Waals surface area contributed by atoms with E-state index >= 15 is 0 Å². The molecular weight excluding hydrogens is 511 g/mol. The summed E-state index contributed by atoms with van der Waals surface area (Å²) in [4.78, 5) is 17.6. The van der Waals surface area contributed by atoms with Crippen LogP contribution in [0.2, 0.25) is 0 Å². The third kappa shape index (κ3) is 3.96. The van der Waals surface area contributed by atoms with Gasteiger partial charge in [0.25, 0.3) is 5.91 Å². The average Bonchev–Trinajstić information content (AvgIpc) is 2.92. The Morgan fingerprint density at radius 3 is 2.18 bits per heavy atom. The largest absolute Gasteiger partial charge is 0.493 e. The van der Waals surface area contributed by atoms with Crippen molar-refractivity contribution in [3.63, 3.8) is 0 Å². The van der Waals surface area contributed by atoms with Gasteiger partial charge in [-0.1, -0.05) is 12.1 Å². The molecule has 8 nitrogen and oxygen atoms in total. The lowest BCUT2D eigenvalue weighted by atomic mass is 9.88. The van der Waals surface area contributed by atoms with Crippen LogP contribution in [0.25, 0.3) is 0 Å². The zero-order chi connectivity index (χ0) is 27.2. The molecule has 0 unspecified atom stereocenters. The molecule has 1 amide bonds. The molecule has 1 saturated heterocycles. The molecule has 2 heterocycles. The molecule has 2 aliphatic rings. The van der Waals surface area contributed by atoms with Crippen LogP contribution in [0.1, 0.15) is 35.3 Å². The van der Waals surface area contributed by atoms with Gasteiger partial charge in [0.15, 0.2) is 33.8 Å². The second kappa shape index (κ2) is 9.68. The molecule has 0 saturated carbocycles. The highest BCUT2D eigenvalue weighted by Crippen LogP contribution is 2.53. The Bertz CT molecular complexity index is 1390. The molecule has 3 aromatic rings. The molecule has 2 bridgehead atoms. The van der Waals surface area contributed by atoms with Crippen LogP contribution in [0.3, 0.4) is 0 Å². The Labute approximate surface area is 225 Å². The average molecular weight is 539 g/mol. The van der Waals surface area contributed by atoms with Gasteiger partial charge in [0.2, 0.25) is 5.75 Å². The summed E-state index contributed by atoms with van der Waals surface area (Å²) in [6.07, 6.45) is 0.390. The number of anilines is 1. The van der Waals surface area contributed by atoms with Crippen LogP contribution in [-0.2, 0) is 0 Å². The first-order chi connectivity index (χ1) is 18.3. The number of fused-ring (bicyclic) bond motifs is 4. The van der Waals surface area contributed by atoms with Crippen LogP contribution in [0, 0.1) is 5.82 Å². The van der Waals surface area contributed by atoms with E-state index in [9.17, 15) is 9.18 Å². The molecule has 1 fully saturated rings. The maximum Gasteiger partial charge on any atom is 0.260 e. The number of halogens is 1. The first-order valence-electron chi connectivity index (χ1n) is 11.9. The van der Waals surface area contributed by atoms with Crippen molar-refractivity contribution in [2.75, 3.05) is 33.3 Å². The molecule has 38 heavy (non-hydrogen) atoms. The van der Waals surface area contributed by atoms with Crippen molar-refractivity contribution in [3.8, 4) is 28.7 Å². The van der Waals surface area contributed by atoms with Crippen LogP contribution in [0.4, 0.5) is 10.1 Å². The number of benzene rings is 3. The fraction of sp³-hybridized carbons (Fsp3) is 0.286. The summed E-state index contributed by atoms with van der Waals surface area (Å²) < 4.78 is 42.3. The zero-order valence-electron chi connectivity index (χ0n) is 21.6. The fourth-order valence-electron chi connectivity index (χ4n) is 5.15. The Balaban J connectivity index is 1.70. The molecule has 198 valence electrons. The van der Waals surface area contributed by atoms with Crippen molar-refractivity contribution in [2.24, 2.45) is 0 Å². The van der Waals surface area contributed by atoms with Gasteiger partial charge in [0.1, 0.15) is 5.82 Å². The van der Waals surface area contributed by atoms with Gasteiger partial charge in [0, 0.05) is 23.2 Å². The topological polar surface area (TPSA) is 69.7 Å². The minimum Gasteiger partial charge on any atom is -0.493 e. The lowest BCUT2D eigenvalue weighted by Gasteiger charge is -2.55. The van der Waals surface area contributed by atoms with Crippen molar-refractivity contribution in [1.29, 1.82) is 0 Å². The van der Waals surface area contributed by atoms with Crippen LogP contribution < -0.4 is 28.6 Å². The van der Waals surface area contributed by atoms with Crippen LogP contribution in [0.5, 0.6) is 28.7 Å². The van der Waals surface area contributed by atoms with Gasteiger partial charge in [-0.2, -0.15) is 0 Å². The van der Waals surface area contributed by atoms with Gasteiger partial charge in [-0.25, -0.2) is 4.39 Å². The van der Waals surface area contributed by atoms with E-state index in [1.165, 1.54) is 33.5 Å². The molecule has 0 radical (unpaired) electrons. The Morgan fingerprint density at radius 1 is 0.974 bits per heavy atom. The summed E-state index contributed by atoms with van der Waals surface area (Å²) in [5.41, 5.74) is 0.662. The molecule has 2 aliphatic heterocycles. The van der Waals surface area contributed by atoms with Gasteiger partial charge in [-0.15, -0.1) is 0 Å². The molecule has 0 spiro atoms. The second-order valence-corrected chi connectivity index (χ2v) is 9.42. The predicted molar refractivity (Wildman–Crippen MR) is 143 cm³/mol. The van der Waals surface area contributed by atoms with Gasteiger partial charge >= 0.3 is 0 Å². The van der Waals surface area contributed by atoms with Crippen molar-refractivity contribution in [1.82, 2.24) is 4.90 Å². The van der Waals surface area contributed by atoms with E-state index in [0.29, 0.717) is 46.4 Å². The number of hydrogen-bond acceptors (Lipinski definition) is 7. The molecule has 10 heteroatoms. The summed E-state index contributed by atoms with van der Waals surface area (Å²) in [5.74, 6) is 1.34. The predicted octanol–water partition coefficient (Wildman–Crippen LogP) is 5.35. The molecule has 0 aromatic heterocycles. The highest BCUT2D eigenvalue weighted by atomic mass is 32.1. The number of thiocarbonyl (C=S) groups is 1. The standard InChI is InChI=1S/C28H27FN2O6S/c1-28-15-20(19-7-6-8-21(33-2)24(19)37-28)30(27(38)31(28)18-11-9-17(29)10-12-18)26(32)16-13-22(34-3)25(36-5)23(14-16)35-4/h6-14,20H,15H2,1-5H3/t20-,28+/m1/s1. The first-order valence-corrected chi connectivity index (χ1v) is 12.3. The Kier molecular flexibility index (Phi) is 6.52. The quantitative estimate of drug-likeness (QED) is 0.389. The second-order valence-electron chi connectivity index (χ2n) is 9.06. The number of ether oxygens (including phenoxy) is 5. The maximum absolute atomic E-state index is 14.3. The fourth-order valence-corrected chi connectivity index (χ4v) is 5.66. The lowest BCUT2D eigenvalue weighted by Crippen LogP contribution is -2.67. The monoisotopic (exact) mass is 538 g/mol. The van der Waals surface area contributed by atoms with E-state index in [4.69, 9.17) is 35.9 Å². The molecule has 0 aliphatic carbocycles. The van der Waals surface area contributed by atoms with Crippen molar-refractivity contribution in [3.05, 3.63) is 71.5 Å². The molecule has 2 atom stereocenters. The van der Waals surface area contributed by atoms with Crippen molar-refractivity contribution < 1.29 is 32.9 Å². The summed E-state index contributed by atoms with van der Waals surface area (Å²) in [6.45, 7) is 1.90. The number of methoxy groups -OCH3 is 4. The number of hydrogen-bond donors (Lipinski definition) is 0. The summed E-state index contributed by atoms with van der Waals surface area (Å²) in [5, 5.41) is 0.211. The summed E-state index contributed by atoms with van der Waals surface area (Å²) >= 11 is 5.97. The molecule has 3 aromatic carbocycles. The third-order valence-electron chi connectivity index (χ3n) is 6.88. The number of amides is 1. The molecule has 5 rings (SSSR count). The minimum absolute atomic E-state index is 0.211. The van der Waals surface area contributed by atoms with Gasteiger partial charge in [-0.05, 0) is 61.6 Å². The Morgan fingerprint density at radius 2 is 1.61 bits per heavy atom. The van der Waals surface area contributed by atoms with Crippen LogP contribution in [-0.4, -0.2) is 50.1 Å². The highest BCUT2D eigenvalue weighted by Gasteiger charge is 2.54. The number of rotatable bonds is 6. The van der Waals surface area contributed by atoms with E-state index in [-0.39, 0.29) is 16.8 Å². The van der Waals surface area contributed by atoms with E-state index in [0.717, 1.165) is 5.56 Å². The SMILES string of the molecule is COc1cc(C(=O)N2C(=S)N(c3ccc(F)cc3)[C@]3(C)C[C@@H]2c2cccc(OC)c2O3)cc(OC)c1OC. The van der Waals surface area contributed by atoms with Gasteiger partial charge in [-0.3, -0.25) is 14.6 Å². The number of carbonyl (C=O) groups excluding carboxylic acids is 1. The lowest BCUT2D eigenvalue weighted by molar-refractivity contribution is 0.0162. The number of nitrogens with zero attached hydrogens (tertiary/aromatic N) is 2. The maximum atomic E-state index is 14.3. The summed E-state index contributed by atoms with van der Waals surface area (Å²) in [6, 6.07) is 14.2. The number of para-hydroxylation sites is 1. The summed E-state index contributed by atoms with van der Waals surface area (Å²) in [7, 11) is 6.03. The highest BCUT2D eigenvalue weighted by molar-refractivity contribution is 7.80. The first kappa shape index (κ1) is 25.6. The van der Waals surface area contributed by atoms with Gasteiger partial charge < -0.3 is 23.7 Å². The van der Waals surface area contributed by atoms with Crippen LogP contribution in [0.15, 0.2) is 54.6 Å². The van der Waals surface area contributed by atoms with E-state index in [1.807, 2.05) is 19.1 Å². The van der Waals surface area contributed by atoms with Gasteiger partial charge in [0.05, 0.1) is 34.5 Å². The van der Waals surface area contributed by atoms with Crippen molar-refractivity contribution in [2.45, 2.75) is 25.1 Å². The molecular formula is C28H27FN2O6S. The third-order valence-corrected chi connectivity index (χ3v) is 7.26. The number of carbonyl (C=O) groups is 1. The smallest absolute Gasteiger partial charge is 0.260 e. The van der Waals surface area contributed by atoms with E-state index < -0.39 is 11.8 Å². The van der Waals surface area contributed by atoms with E-state index in [2.05, 4.69) is 0 Å². The molecule has 0 N–H and O–H groups in total. The minimum atomic E-state index is -0.979. The normalized spacial score (nSPS) is 19.8. The van der Waals surface area contributed by atoms with Crippen LogP contribution >= 0.6 is 12.2 Å².